The molecular formula is C16H25NO3. The van der Waals surface area contributed by atoms with E-state index in [1.54, 1.807) is 0 Å². The van der Waals surface area contributed by atoms with Crippen LogP contribution in [0.3, 0.4) is 0 Å². The van der Waals surface area contributed by atoms with Crippen molar-refractivity contribution in [3.8, 4) is 5.75 Å². The van der Waals surface area contributed by atoms with Gasteiger partial charge in [-0.05, 0) is 35.4 Å². The second-order valence-electron chi connectivity index (χ2n) is 6.13. The molecule has 1 aromatic rings. The van der Waals surface area contributed by atoms with Crippen LogP contribution in [0.1, 0.15) is 43.9 Å². The molecule has 1 amide bonds. The normalized spacial score (nSPS) is 11.4. The Bertz CT molecular complexity index is 475. The number of phenols is 1. The molecule has 0 heterocycles. The molecule has 0 aliphatic rings. The highest BCUT2D eigenvalue weighted by molar-refractivity contribution is 5.76. The molecule has 0 saturated carbocycles. The van der Waals surface area contributed by atoms with Crippen LogP contribution in [0.15, 0.2) is 12.1 Å². The van der Waals surface area contributed by atoms with E-state index in [0.717, 1.165) is 16.7 Å². The maximum atomic E-state index is 11.5. The molecule has 0 fully saturated rings. The first-order chi connectivity index (χ1) is 9.25. The summed E-state index contributed by atoms with van der Waals surface area (Å²) in [6.45, 7) is 8.29. The fraction of sp³-hybridized carbons (Fsp3) is 0.562. The molecule has 0 saturated heterocycles. The summed E-state index contributed by atoms with van der Waals surface area (Å²) in [6.07, 6.45) is 1.01. The van der Waals surface area contributed by atoms with Gasteiger partial charge in [0.05, 0.1) is 6.61 Å². The van der Waals surface area contributed by atoms with Gasteiger partial charge < -0.3 is 15.5 Å². The molecule has 1 aromatic carbocycles. The van der Waals surface area contributed by atoms with Gasteiger partial charge in [-0.15, -0.1) is 0 Å². The van der Waals surface area contributed by atoms with Crippen molar-refractivity contribution in [2.45, 2.75) is 46.0 Å². The number of phenolic OH excluding ortho intramolecular Hbond substituents is 1. The van der Waals surface area contributed by atoms with Crippen molar-refractivity contribution in [2.75, 3.05) is 13.2 Å². The first-order valence-electron chi connectivity index (χ1n) is 6.96. The average Bonchev–Trinajstić information content (AvgIpc) is 2.36. The fourth-order valence-electron chi connectivity index (χ4n) is 2.11. The van der Waals surface area contributed by atoms with Gasteiger partial charge in [0, 0.05) is 13.0 Å². The number of carbonyl (C=O) groups excluding carboxylic acids is 1. The first-order valence-corrected chi connectivity index (χ1v) is 6.96. The third kappa shape index (κ3) is 4.53. The van der Waals surface area contributed by atoms with Crippen molar-refractivity contribution in [3.05, 3.63) is 28.8 Å². The molecule has 0 aliphatic heterocycles. The summed E-state index contributed by atoms with van der Waals surface area (Å²) in [5.74, 6) is 0.271. The third-order valence-electron chi connectivity index (χ3n) is 3.24. The van der Waals surface area contributed by atoms with Crippen LogP contribution < -0.4 is 5.32 Å². The van der Waals surface area contributed by atoms with Crippen molar-refractivity contribution in [1.29, 1.82) is 0 Å². The van der Waals surface area contributed by atoms with Gasteiger partial charge in [-0.1, -0.05) is 32.9 Å². The lowest BCUT2D eigenvalue weighted by Gasteiger charge is -2.22. The molecular weight excluding hydrogens is 254 g/mol. The standard InChI is InChI=1S/C16H25NO3/c1-11-9-12(5-6-14(19)17-7-8-18)10-13(15(11)20)16(2,3)4/h9-10,18,20H,5-8H2,1-4H3,(H,17,19). The topological polar surface area (TPSA) is 69.6 Å². The van der Waals surface area contributed by atoms with Gasteiger partial charge in [0.15, 0.2) is 0 Å². The predicted octanol–water partition coefficient (Wildman–Crippen LogP) is 2.04. The van der Waals surface area contributed by atoms with E-state index in [-0.39, 0.29) is 17.9 Å². The molecule has 4 heteroatoms. The van der Waals surface area contributed by atoms with Gasteiger partial charge in [0.1, 0.15) is 5.75 Å². The molecule has 0 aromatic heterocycles. The van der Waals surface area contributed by atoms with Crippen LogP contribution in [0.25, 0.3) is 0 Å². The van der Waals surface area contributed by atoms with Crippen molar-refractivity contribution in [2.24, 2.45) is 0 Å². The maximum absolute atomic E-state index is 11.5. The number of aliphatic hydroxyl groups excluding tert-OH is 1. The second-order valence-corrected chi connectivity index (χ2v) is 6.13. The number of rotatable bonds is 5. The molecule has 0 atom stereocenters. The predicted molar refractivity (Wildman–Crippen MR) is 80.0 cm³/mol. The van der Waals surface area contributed by atoms with Crippen LogP contribution in [-0.4, -0.2) is 29.3 Å². The highest BCUT2D eigenvalue weighted by atomic mass is 16.3. The largest absolute Gasteiger partial charge is 0.507 e. The molecule has 0 aliphatic carbocycles. The number of aliphatic hydroxyl groups is 1. The minimum atomic E-state index is -0.135. The summed E-state index contributed by atoms with van der Waals surface area (Å²) in [4.78, 5) is 11.5. The summed E-state index contributed by atoms with van der Waals surface area (Å²) in [6, 6.07) is 3.89. The fourth-order valence-corrected chi connectivity index (χ4v) is 2.11. The van der Waals surface area contributed by atoms with Gasteiger partial charge in [-0.25, -0.2) is 0 Å². The van der Waals surface area contributed by atoms with Gasteiger partial charge in [0.25, 0.3) is 0 Å². The van der Waals surface area contributed by atoms with Crippen LogP contribution in [0, 0.1) is 6.92 Å². The molecule has 112 valence electrons. The smallest absolute Gasteiger partial charge is 0.220 e. The Morgan fingerprint density at radius 2 is 1.95 bits per heavy atom. The zero-order valence-electron chi connectivity index (χ0n) is 12.8. The number of aryl methyl sites for hydroxylation is 2. The Morgan fingerprint density at radius 3 is 2.50 bits per heavy atom. The molecule has 0 spiro atoms. The molecule has 0 unspecified atom stereocenters. The van der Waals surface area contributed by atoms with Crippen molar-refractivity contribution in [3.63, 3.8) is 0 Å². The molecule has 0 radical (unpaired) electrons. The molecule has 3 N–H and O–H groups in total. The Labute approximate surface area is 120 Å². The second kappa shape index (κ2) is 6.75. The Balaban J connectivity index is 2.82. The van der Waals surface area contributed by atoms with E-state index < -0.39 is 0 Å². The lowest BCUT2D eigenvalue weighted by molar-refractivity contribution is -0.121. The van der Waals surface area contributed by atoms with Crippen molar-refractivity contribution in [1.82, 2.24) is 5.32 Å². The van der Waals surface area contributed by atoms with Crippen LogP contribution >= 0.6 is 0 Å². The summed E-state index contributed by atoms with van der Waals surface area (Å²) in [7, 11) is 0. The highest BCUT2D eigenvalue weighted by Crippen LogP contribution is 2.34. The van der Waals surface area contributed by atoms with Crippen molar-refractivity contribution >= 4 is 5.91 Å². The van der Waals surface area contributed by atoms with Gasteiger partial charge in [-0.3, -0.25) is 4.79 Å². The molecule has 1 rings (SSSR count). The average molecular weight is 279 g/mol. The molecule has 4 nitrogen and oxygen atoms in total. The highest BCUT2D eigenvalue weighted by Gasteiger charge is 2.20. The summed E-state index contributed by atoms with van der Waals surface area (Å²) < 4.78 is 0. The number of amides is 1. The molecule has 20 heavy (non-hydrogen) atoms. The minimum absolute atomic E-state index is 0.0434. The molecule has 0 bridgehead atoms. The number of carbonyl (C=O) groups is 1. The van der Waals surface area contributed by atoms with E-state index in [4.69, 9.17) is 5.11 Å². The third-order valence-corrected chi connectivity index (χ3v) is 3.24. The van der Waals surface area contributed by atoms with E-state index in [1.807, 2.05) is 19.1 Å². The van der Waals surface area contributed by atoms with Gasteiger partial charge in [0.2, 0.25) is 5.91 Å². The van der Waals surface area contributed by atoms with Crippen LogP contribution in [0.4, 0.5) is 0 Å². The van der Waals surface area contributed by atoms with Gasteiger partial charge in [-0.2, -0.15) is 0 Å². The van der Waals surface area contributed by atoms with Crippen molar-refractivity contribution < 1.29 is 15.0 Å². The number of hydrogen-bond acceptors (Lipinski definition) is 3. The number of aromatic hydroxyl groups is 1. The first kappa shape index (κ1) is 16.5. The van der Waals surface area contributed by atoms with Crippen LogP contribution in [0.2, 0.25) is 0 Å². The van der Waals surface area contributed by atoms with E-state index in [9.17, 15) is 9.90 Å². The maximum Gasteiger partial charge on any atom is 0.220 e. The van der Waals surface area contributed by atoms with E-state index in [2.05, 4.69) is 26.1 Å². The SMILES string of the molecule is Cc1cc(CCC(=O)NCCO)cc(C(C)(C)C)c1O. The summed E-state index contributed by atoms with van der Waals surface area (Å²) >= 11 is 0. The lowest BCUT2D eigenvalue weighted by atomic mass is 9.83. The van der Waals surface area contributed by atoms with E-state index in [0.29, 0.717) is 25.1 Å². The van der Waals surface area contributed by atoms with Gasteiger partial charge >= 0.3 is 0 Å². The Kier molecular flexibility index (Phi) is 5.57. The quantitative estimate of drug-likeness (QED) is 0.772. The van der Waals surface area contributed by atoms with Crippen LogP contribution in [0.5, 0.6) is 5.75 Å². The number of benzene rings is 1. The number of hydrogen-bond donors (Lipinski definition) is 3. The van der Waals surface area contributed by atoms with E-state index in [1.165, 1.54) is 0 Å². The minimum Gasteiger partial charge on any atom is -0.507 e. The monoisotopic (exact) mass is 279 g/mol. The zero-order valence-corrected chi connectivity index (χ0v) is 12.8. The number of nitrogens with one attached hydrogen (secondary N) is 1. The van der Waals surface area contributed by atoms with Crippen LogP contribution in [-0.2, 0) is 16.6 Å². The Hall–Kier alpha value is -1.55. The summed E-state index contributed by atoms with van der Waals surface area (Å²) in [5, 5.41) is 21.4. The lowest BCUT2D eigenvalue weighted by Crippen LogP contribution is -2.26. The zero-order chi connectivity index (χ0) is 15.3. The van der Waals surface area contributed by atoms with E-state index >= 15 is 0 Å². The Morgan fingerprint density at radius 1 is 1.30 bits per heavy atom. The summed E-state index contributed by atoms with van der Waals surface area (Å²) in [5.41, 5.74) is 2.65.